The Bertz CT molecular complexity index is 1050. The zero-order chi connectivity index (χ0) is 20.8. The molecule has 3 rings (SSSR count). The Labute approximate surface area is 167 Å². The Morgan fingerprint density at radius 1 is 1.00 bits per heavy atom. The summed E-state index contributed by atoms with van der Waals surface area (Å²) in [4.78, 5) is 34.9. The first-order chi connectivity index (χ1) is 14.0. The van der Waals surface area contributed by atoms with Crippen LogP contribution in [0.4, 0.5) is 5.69 Å². The summed E-state index contributed by atoms with van der Waals surface area (Å²) in [5.74, 6) is -0.882. The van der Waals surface area contributed by atoms with E-state index in [4.69, 9.17) is 4.74 Å². The zero-order valence-corrected chi connectivity index (χ0v) is 15.8. The number of benzene rings is 3. The lowest BCUT2D eigenvalue weighted by Crippen LogP contribution is -2.43. The summed E-state index contributed by atoms with van der Waals surface area (Å²) in [7, 11) is 1.25. The number of ether oxygens (including phenoxy) is 1. The highest BCUT2D eigenvalue weighted by atomic mass is 16.6. The van der Waals surface area contributed by atoms with Crippen LogP contribution in [0.15, 0.2) is 66.7 Å². The van der Waals surface area contributed by atoms with Crippen LogP contribution in [0.25, 0.3) is 10.8 Å². The summed E-state index contributed by atoms with van der Waals surface area (Å²) >= 11 is 0. The van der Waals surface area contributed by atoms with Crippen LogP contribution in [0.1, 0.15) is 11.1 Å². The lowest BCUT2D eigenvalue weighted by Gasteiger charge is -2.17. The predicted molar refractivity (Wildman–Crippen MR) is 108 cm³/mol. The Hall–Kier alpha value is -3.74. The molecule has 0 spiro atoms. The summed E-state index contributed by atoms with van der Waals surface area (Å²) < 4.78 is 4.79. The van der Waals surface area contributed by atoms with Crippen molar-refractivity contribution in [3.63, 3.8) is 0 Å². The van der Waals surface area contributed by atoms with Crippen molar-refractivity contribution in [1.82, 2.24) is 5.32 Å². The fraction of sp³-hybridized carbons (Fsp3) is 0.182. The summed E-state index contributed by atoms with van der Waals surface area (Å²) in [6.07, 6.45) is 0.298. The summed E-state index contributed by atoms with van der Waals surface area (Å²) in [6, 6.07) is 18.6. The van der Waals surface area contributed by atoms with Gasteiger partial charge in [-0.25, -0.2) is 4.79 Å². The molecule has 0 radical (unpaired) electrons. The van der Waals surface area contributed by atoms with E-state index in [2.05, 4.69) is 5.32 Å². The average molecular weight is 392 g/mol. The van der Waals surface area contributed by atoms with Gasteiger partial charge < -0.3 is 10.1 Å². The first kappa shape index (κ1) is 20.0. The molecular formula is C22H20N2O5. The Balaban J connectivity index is 1.69. The van der Waals surface area contributed by atoms with E-state index in [1.807, 2.05) is 42.5 Å². The normalized spacial score (nSPS) is 11.6. The van der Waals surface area contributed by atoms with Gasteiger partial charge in [-0.15, -0.1) is 0 Å². The molecule has 0 heterocycles. The van der Waals surface area contributed by atoms with Crippen LogP contribution in [0.2, 0.25) is 0 Å². The zero-order valence-electron chi connectivity index (χ0n) is 15.8. The number of esters is 1. The second kappa shape index (κ2) is 8.97. The number of fused-ring (bicyclic) bond motifs is 1. The first-order valence-electron chi connectivity index (χ1n) is 9.04. The molecule has 0 fully saturated rings. The molecule has 7 heteroatoms. The molecule has 0 saturated heterocycles. The molecule has 0 aromatic heterocycles. The van der Waals surface area contributed by atoms with Crippen molar-refractivity contribution >= 4 is 28.3 Å². The van der Waals surface area contributed by atoms with Gasteiger partial charge >= 0.3 is 5.97 Å². The number of methoxy groups -OCH3 is 1. The molecular weight excluding hydrogens is 372 g/mol. The topological polar surface area (TPSA) is 98.5 Å². The number of nitrogens with zero attached hydrogens (tertiary/aromatic N) is 1. The largest absolute Gasteiger partial charge is 0.467 e. The van der Waals surface area contributed by atoms with Crippen LogP contribution in [0.3, 0.4) is 0 Å². The lowest BCUT2D eigenvalue weighted by molar-refractivity contribution is -0.384. The molecule has 0 bridgehead atoms. The van der Waals surface area contributed by atoms with Gasteiger partial charge in [0.25, 0.3) is 5.69 Å². The number of hydrogen-bond acceptors (Lipinski definition) is 5. The van der Waals surface area contributed by atoms with Gasteiger partial charge in [0.2, 0.25) is 5.91 Å². The molecule has 0 saturated carbocycles. The standard InChI is InChI=1S/C22H20N2O5/c1-29-22(26)20(13-15-7-10-19(11-8-15)24(27)28)23-21(25)14-16-6-9-17-4-2-3-5-18(17)12-16/h2-12,20H,13-14H2,1H3,(H,23,25)/t20-/m1/s1. The molecule has 7 nitrogen and oxygen atoms in total. The third kappa shape index (κ3) is 5.16. The molecule has 29 heavy (non-hydrogen) atoms. The average Bonchev–Trinajstić information content (AvgIpc) is 2.73. The van der Waals surface area contributed by atoms with Crippen molar-refractivity contribution in [2.75, 3.05) is 7.11 Å². The molecule has 0 aliphatic rings. The predicted octanol–water partition coefficient (Wildman–Crippen LogP) is 3.19. The number of nitro groups is 1. The smallest absolute Gasteiger partial charge is 0.328 e. The van der Waals surface area contributed by atoms with Gasteiger partial charge in [-0.2, -0.15) is 0 Å². The quantitative estimate of drug-likeness (QED) is 0.378. The summed E-state index contributed by atoms with van der Waals surface area (Å²) in [6.45, 7) is 0. The minimum absolute atomic E-state index is 0.0382. The summed E-state index contributed by atoms with van der Waals surface area (Å²) in [5, 5.41) is 15.6. The van der Waals surface area contributed by atoms with Crippen LogP contribution >= 0.6 is 0 Å². The van der Waals surface area contributed by atoms with Crippen molar-refractivity contribution in [1.29, 1.82) is 0 Å². The number of hydrogen-bond donors (Lipinski definition) is 1. The Morgan fingerprint density at radius 2 is 1.66 bits per heavy atom. The number of amides is 1. The van der Waals surface area contributed by atoms with E-state index in [1.165, 1.54) is 19.2 Å². The van der Waals surface area contributed by atoms with Crippen LogP contribution in [-0.2, 0) is 27.2 Å². The minimum atomic E-state index is -0.880. The number of rotatable bonds is 7. The highest BCUT2D eigenvalue weighted by molar-refractivity contribution is 5.88. The van der Waals surface area contributed by atoms with E-state index in [0.29, 0.717) is 5.56 Å². The number of non-ortho nitro benzene ring substituents is 1. The van der Waals surface area contributed by atoms with Crippen molar-refractivity contribution < 1.29 is 19.2 Å². The minimum Gasteiger partial charge on any atom is -0.467 e. The maximum atomic E-state index is 12.5. The van der Waals surface area contributed by atoms with Gasteiger partial charge in [0.05, 0.1) is 18.5 Å². The fourth-order valence-electron chi connectivity index (χ4n) is 3.10. The van der Waals surface area contributed by atoms with Crippen LogP contribution in [0, 0.1) is 10.1 Å². The second-order valence-electron chi connectivity index (χ2n) is 6.63. The van der Waals surface area contributed by atoms with Crippen molar-refractivity contribution in [2.45, 2.75) is 18.9 Å². The first-order valence-corrected chi connectivity index (χ1v) is 9.04. The third-order valence-corrected chi connectivity index (χ3v) is 4.59. The molecule has 0 unspecified atom stereocenters. The third-order valence-electron chi connectivity index (χ3n) is 4.59. The van der Waals surface area contributed by atoms with Gasteiger partial charge in [-0.1, -0.05) is 54.6 Å². The highest BCUT2D eigenvalue weighted by Gasteiger charge is 2.22. The van der Waals surface area contributed by atoms with E-state index in [0.717, 1.165) is 16.3 Å². The van der Waals surface area contributed by atoms with Gasteiger partial charge in [-0.05, 0) is 21.9 Å². The van der Waals surface area contributed by atoms with E-state index < -0.39 is 16.9 Å². The second-order valence-corrected chi connectivity index (χ2v) is 6.63. The van der Waals surface area contributed by atoms with Crippen LogP contribution < -0.4 is 5.32 Å². The molecule has 1 atom stereocenters. The van der Waals surface area contributed by atoms with Gasteiger partial charge in [-0.3, -0.25) is 14.9 Å². The summed E-state index contributed by atoms with van der Waals surface area (Å²) in [5.41, 5.74) is 1.47. The SMILES string of the molecule is COC(=O)[C@@H](Cc1ccc([N+](=O)[O-])cc1)NC(=O)Cc1ccc2ccccc2c1. The van der Waals surface area contributed by atoms with Crippen molar-refractivity contribution in [2.24, 2.45) is 0 Å². The van der Waals surface area contributed by atoms with Gasteiger partial charge in [0.1, 0.15) is 6.04 Å². The van der Waals surface area contributed by atoms with E-state index >= 15 is 0 Å². The van der Waals surface area contributed by atoms with E-state index in [-0.39, 0.29) is 24.4 Å². The maximum absolute atomic E-state index is 12.5. The van der Waals surface area contributed by atoms with Crippen molar-refractivity contribution in [3.8, 4) is 0 Å². The molecule has 1 N–H and O–H groups in total. The highest BCUT2D eigenvalue weighted by Crippen LogP contribution is 2.17. The number of nitrogens with one attached hydrogen (secondary N) is 1. The van der Waals surface area contributed by atoms with Crippen molar-refractivity contribution in [3.05, 3.63) is 88.0 Å². The monoisotopic (exact) mass is 392 g/mol. The molecule has 0 aliphatic carbocycles. The molecule has 3 aromatic carbocycles. The van der Waals surface area contributed by atoms with Crippen LogP contribution in [0.5, 0.6) is 0 Å². The number of carbonyl (C=O) groups is 2. The number of carbonyl (C=O) groups excluding carboxylic acids is 2. The Morgan fingerprint density at radius 3 is 2.31 bits per heavy atom. The fourth-order valence-corrected chi connectivity index (χ4v) is 3.10. The Kier molecular flexibility index (Phi) is 6.19. The van der Waals surface area contributed by atoms with E-state index in [1.54, 1.807) is 12.1 Å². The van der Waals surface area contributed by atoms with Gasteiger partial charge in [0, 0.05) is 18.6 Å². The lowest BCUT2D eigenvalue weighted by atomic mass is 10.0. The molecule has 1 amide bonds. The maximum Gasteiger partial charge on any atom is 0.328 e. The number of nitro benzene ring substituents is 1. The van der Waals surface area contributed by atoms with Crippen LogP contribution in [-0.4, -0.2) is 30.0 Å². The molecule has 0 aliphatic heterocycles. The molecule has 3 aromatic rings. The molecule has 148 valence electrons. The van der Waals surface area contributed by atoms with E-state index in [9.17, 15) is 19.7 Å². The van der Waals surface area contributed by atoms with Gasteiger partial charge in [0.15, 0.2) is 0 Å².